The fourth-order valence-corrected chi connectivity index (χ4v) is 2.06. The molecule has 17 heavy (non-hydrogen) atoms. The Morgan fingerprint density at radius 2 is 2.29 bits per heavy atom. The van der Waals surface area contributed by atoms with Gasteiger partial charge in [0.25, 0.3) is 0 Å². The summed E-state index contributed by atoms with van der Waals surface area (Å²) in [6.07, 6.45) is 2.80. The van der Waals surface area contributed by atoms with E-state index in [2.05, 4.69) is 4.98 Å². The van der Waals surface area contributed by atoms with E-state index in [1.165, 1.54) is 0 Å². The predicted octanol–water partition coefficient (Wildman–Crippen LogP) is 1.98. The quantitative estimate of drug-likeness (QED) is 0.801. The summed E-state index contributed by atoms with van der Waals surface area (Å²) in [6.45, 7) is 1.43. The molecule has 4 nitrogen and oxygen atoms in total. The maximum absolute atomic E-state index is 5.92. The Hall–Kier alpha value is -1.81. The summed E-state index contributed by atoms with van der Waals surface area (Å²) in [5.41, 5.74) is 7.36. The zero-order valence-corrected chi connectivity index (χ0v) is 9.43. The van der Waals surface area contributed by atoms with E-state index < -0.39 is 0 Å². The van der Waals surface area contributed by atoms with Crippen molar-refractivity contribution in [2.75, 3.05) is 18.9 Å². The number of nitrogens with zero attached hydrogens (tertiary/aromatic N) is 1. The maximum Gasteiger partial charge on any atom is 0.130 e. The second kappa shape index (κ2) is 4.22. The lowest BCUT2D eigenvalue weighted by Crippen LogP contribution is -2.15. The highest BCUT2D eigenvalue weighted by atomic mass is 16.5. The van der Waals surface area contributed by atoms with Crippen LogP contribution >= 0.6 is 0 Å². The molecule has 1 aliphatic rings. The van der Waals surface area contributed by atoms with Crippen LogP contribution in [-0.4, -0.2) is 24.3 Å². The number of hydrogen-bond donors (Lipinski definition) is 1. The van der Waals surface area contributed by atoms with E-state index in [0.717, 1.165) is 29.7 Å². The molecule has 1 saturated heterocycles. The van der Waals surface area contributed by atoms with Crippen molar-refractivity contribution in [1.82, 2.24) is 4.98 Å². The zero-order valence-electron chi connectivity index (χ0n) is 9.43. The van der Waals surface area contributed by atoms with Crippen molar-refractivity contribution in [3.8, 4) is 5.75 Å². The van der Waals surface area contributed by atoms with Gasteiger partial charge in [0, 0.05) is 18.0 Å². The highest BCUT2D eigenvalue weighted by molar-refractivity contribution is 5.93. The lowest BCUT2D eigenvalue weighted by atomic mass is 10.2. The number of anilines is 1. The topological polar surface area (TPSA) is 57.4 Å². The lowest BCUT2D eigenvalue weighted by molar-refractivity contribution is 0.142. The van der Waals surface area contributed by atoms with E-state index in [1.807, 2.05) is 24.3 Å². The monoisotopic (exact) mass is 230 g/mol. The second-order valence-electron chi connectivity index (χ2n) is 4.16. The summed E-state index contributed by atoms with van der Waals surface area (Å²) in [5, 5.41) is 0.958. The number of pyridine rings is 1. The van der Waals surface area contributed by atoms with Crippen LogP contribution in [0.15, 0.2) is 30.5 Å². The van der Waals surface area contributed by atoms with Gasteiger partial charge < -0.3 is 15.2 Å². The number of fused-ring (bicyclic) bond motifs is 1. The number of aromatic nitrogens is 1. The molecule has 0 saturated carbocycles. The van der Waals surface area contributed by atoms with Crippen LogP contribution in [0.1, 0.15) is 6.42 Å². The first-order chi connectivity index (χ1) is 8.34. The van der Waals surface area contributed by atoms with Crippen molar-refractivity contribution in [2.45, 2.75) is 12.5 Å². The van der Waals surface area contributed by atoms with Gasteiger partial charge in [0.15, 0.2) is 0 Å². The number of nitrogen functional groups attached to an aromatic ring is 1. The maximum atomic E-state index is 5.92. The molecule has 2 N–H and O–H groups in total. The molecule has 1 aromatic carbocycles. The largest absolute Gasteiger partial charge is 0.487 e. The fraction of sp³-hybridized carbons (Fsp3) is 0.308. The van der Waals surface area contributed by atoms with Crippen molar-refractivity contribution in [3.63, 3.8) is 0 Å². The third kappa shape index (κ3) is 1.91. The van der Waals surface area contributed by atoms with Crippen LogP contribution in [0.5, 0.6) is 5.75 Å². The molecule has 0 bridgehead atoms. The van der Waals surface area contributed by atoms with Gasteiger partial charge in [0.2, 0.25) is 0 Å². The first kappa shape index (κ1) is 10.4. The molecule has 2 heterocycles. The highest BCUT2D eigenvalue weighted by Gasteiger charge is 2.18. The van der Waals surface area contributed by atoms with Crippen LogP contribution in [0.2, 0.25) is 0 Å². The molecule has 1 aliphatic heterocycles. The summed E-state index contributed by atoms with van der Waals surface area (Å²) in [7, 11) is 0. The average molecular weight is 230 g/mol. The van der Waals surface area contributed by atoms with Gasteiger partial charge in [0.05, 0.1) is 24.4 Å². The Kier molecular flexibility index (Phi) is 2.57. The van der Waals surface area contributed by atoms with Crippen molar-refractivity contribution < 1.29 is 9.47 Å². The molecule has 1 unspecified atom stereocenters. The van der Waals surface area contributed by atoms with Crippen molar-refractivity contribution in [2.24, 2.45) is 0 Å². The molecule has 0 aliphatic carbocycles. The number of rotatable bonds is 2. The first-order valence-electron chi connectivity index (χ1n) is 5.72. The number of para-hydroxylation sites is 1. The normalized spacial score (nSPS) is 19.6. The smallest absolute Gasteiger partial charge is 0.130 e. The second-order valence-corrected chi connectivity index (χ2v) is 4.16. The molecule has 0 spiro atoms. The minimum atomic E-state index is 0.141. The molecule has 0 amide bonds. The Labute approximate surface area is 99.4 Å². The highest BCUT2D eigenvalue weighted by Crippen LogP contribution is 2.28. The van der Waals surface area contributed by atoms with E-state index in [0.29, 0.717) is 12.3 Å². The molecule has 3 rings (SSSR count). The van der Waals surface area contributed by atoms with Crippen molar-refractivity contribution in [1.29, 1.82) is 0 Å². The zero-order chi connectivity index (χ0) is 11.7. The molecule has 1 aromatic heterocycles. The van der Waals surface area contributed by atoms with Gasteiger partial charge in [-0.3, -0.25) is 4.98 Å². The molecule has 2 aromatic rings. The Morgan fingerprint density at radius 1 is 1.35 bits per heavy atom. The number of ether oxygens (including phenoxy) is 2. The standard InChI is InChI=1S/C13H14N2O2/c14-11-3-1-2-10-12(4-6-15-13(10)11)17-9-5-7-16-8-9/h1-4,6,9H,5,7-8,14H2. The SMILES string of the molecule is Nc1cccc2c(OC3CCOC3)ccnc12. The van der Waals surface area contributed by atoms with Crippen LogP contribution in [0.3, 0.4) is 0 Å². The first-order valence-corrected chi connectivity index (χ1v) is 5.72. The summed E-state index contributed by atoms with van der Waals surface area (Å²) < 4.78 is 11.2. The van der Waals surface area contributed by atoms with Crippen LogP contribution in [0.4, 0.5) is 5.69 Å². The summed E-state index contributed by atoms with van der Waals surface area (Å²) in [4.78, 5) is 4.28. The number of nitrogens with two attached hydrogens (primary N) is 1. The van der Waals surface area contributed by atoms with E-state index >= 15 is 0 Å². The predicted molar refractivity (Wildman–Crippen MR) is 66.0 cm³/mol. The lowest BCUT2D eigenvalue weighted by Gasteiger charge is -2.14. The molecule has 1 atom stereocenters. The van der Waals surface area contributed by atoms with Gasteiger partial charge in [-0.15, -0.1) is 0 Å². The van der Waals surface area contributed by atoms with Crippen LogP contribution in [-0.2, 0) is 4.74 Å². The average Bonchev–Trinajstić information content (AvgIpc) is 2.83. The van der Waals surface area contributed by atoms with Crippen LogP contribution in [0, 0.1) is 0 Å². The Bertz CT molecular complexity index is 536. The van der Waals surface area contributed by atoms with Crippen molar-refractivity contribution in [3.05, 3.63) is 30.5 Å². The minimum absolute atomic E-state index is 0.141. The van der Waals surface area contributed by atoms with E-state index in [4.69, 9.17) is 15.2 Å². The minimum Gasteiger partial charge on any atom is -0.487 e. The summed E-state index contributed by atoms with van der Waals surface area (Å²) in [5.74, 6) is 0.831. The van der Waals surface area contributed by atoms with Gasteiger partial charge in [0.1, 0.15) is 11.9 Å². The summed E-state index contributed by atoms with van der Waals surface area (Å²) >= 11 is 0. The number of benzene rings is 1. The Balaban J connectivity index is 2.01. The van der Waals surface area contributed by atoms with Crippen LogP contribution < -0.4 is 10.5 Å². The van der Waals surface area contributed by atoms with E-state index in [1.54, 1.807) is 6.20 Å². The number of hydrogen-bond acceptors (Lipinski definition) is 4. The van der Waals surface area contributed by atoms with Gasteiger partial charge in [-0.2, -0.15) is 0 Å². The summed E-state index contributed by atoms with van der Waals surface area (Å²) in [6, 6.07) is 7.61. The van der Waals surface area contributed by atoms with Gasteiger partial charge in [-0.05, 0) is 18.2 Å². The van der Waals surface area contributed by atoms with Gasteiger partial charge in [-0.1, -0.05) is 6.07 Å². The van der Waals surface area contributed by atoms with Crippen molar-refractivity contribution >= 4 is 16.6 Å². The molecular formula is C13H14N2O2. The third-order valence-corrected chi connectivity index (χ3v) is 2.94. The molecule has 0 radical (unpaired) electrons. The molecule has 88 valence electrons. The molecular weight excluding hydrogens is 216 g/mol. The van der Waals surface area contributed by atoms with Gasteiger partial charge in [-0.25, -0.2) is 0 Å². The fourth-order valence-electron chi connectivity index (χ4n) is 2.06. The molecule has 1 fully saturated rings. The van der Waals surface area contributed by atoms with Gasteiger partial charge >= 0.3 is 0 Å². The van der Waals surface area contributed by atoms with E-state index in [9.17, 15) is 0 Å². The third-order valence-electron chi connectivity index (χ3n) is 2.94. The van der Waals surface area contributed by atoms with E-state index in [-0.39, 0.29) is 6.10 Å². The molecule has 4 heteroatoms. The Morgan fingerprint density at radius 3 is 3.12 bits per heavy atom. The van der Waals surface area contributed by atoms with Crippen LogP contribution in [0.25, 0.3) is 10.9 Å².